The van der Waals surface area contributed by atoms with E-state index < -0.39 is 10.0 Å². The Morgan fingerprint density at radius 1 is 1.38 bits per heavy atom. The van der Waals surface area contributed by atoms with Crippen LogP contribution in [0.5, 0.6) is 0 Å². The lowest BCUT2D eigenvalue weighted by molar-refractivity contribution is 0.445. The van der Waals surface area contributed by atoms with Crippen LogP contribution in [0, 0.1) is 12.7 Å². The monoisotopic (exact) mass is 356 g/mol. The van der Waals surface area contributed by atoms with Gasteiger partial charge in [0, 0.05) is 26.2 Å². The molecule has 1 aromatic carbocycles. The Morgan fingerprint density at radius 3 is 2.79 bits per heavy atom. The first-order valence-corrected chi connectivity index (χ1v) is 9.78. The predicted molar refractivity (Wildman–Crippen MR) is 93.9 cm³/mol. The minimum atomic E-state index is -3.07. The fourth-order valence-electron chi connectivity index (χ4n) is 2.49. The molecule has 24 heavy (non-hydrogen) atoms. The summed E-state index contributed by atoms with van der Waals surface area (Å²) in [7, 11) is -3.07. The van der Waals surface area contributed by atoms with Gasteiger partial charge in [-0.3, -0.25) is 0 Å². The molecule has 1 saturated heterocycles. The van der Waals surface area contributed by atoms with E-state index in [2.05, 4.69) is 15.6 Å². The zero-order valence-electron chi connectivity index (χ0n) is 14.2. The summed E-state index contributed by atoms with van der Waals surface area (Å²) >= 11 is 0. The first kappa shape index (κ1) is 18.7. The number of guanidine groups is 1. The molecule has 0 spiro atoms. The van der Waals surface area contributed by atoms with Gasteiger partial charge in [0.15, 0.2) is 5.96 Å². The number of aryl methyl sites for hydroxylation is 1. The first-order valence-electron chi connectivity index (χ1n) is 8.17. The van der Waals surface area contributed by atoms with E-state index in [4.69, 9.17) is 0 Å². The van der Waals surface area contributed by atoms with Crippen LogP contribution < -0.4 is 10.6 Å². The molecule has 8 heteroatoms. The van der Waals surface area contributed by atoms with Gasteiger partial charge in [0.25, 0.3) is 0 Å². The minimum absolute atomic E-state index is 0.236. The van der Waals surface area contributed by atoms with Gasteiger partial charge in [-0.2, -0.15) is 0 Å². The average molecular weight is 356 g/mol. The third-order valence-corrected chi connectivity index (χ3v) is 5.81. The van der Waals surface area contributed by atoms with Gasteiger partial charge in [-0.1, -0.05) is 12.1 Å². The predicted octanol–water partition coefficient (Wildman–Crippen LogP) is 1.22. The van der Waals surface area contributed by atoms with E-state index in [1.807, 2.05) is 13.0 Å². The molecule has 1 fully saturated rings. The van der Waals surface area contributed by atoms with Crippen LogP contribution in [0.4, 0.5) is 4.39 Å². The van der Waals surface area contributed by atoms with Gasteiger partial charge >= 0.3 is 0 Å². The van der Waals surface area contributed by atoms with E-state index in [1.54, 1.807) is 13.0 Å². The minimum Gasteiger partial charge on any atom is -0.357 e. The van der Waals surface area contributed by atoms with E-state index in [0.717, 1.165) is 5.56 Å². The van der Waals surface area contributed by atoms with Crippen molar-refractivity contribution < 1.29 is 12.8 Å². The molecule has 2 N–H and O–H groups in total. The Kier molecular flexibility index (Phi) is 6.56. The van der Waals surface area contributed by atoms with Crippen LogP contribution in [0.25, 0.3) is 0 Å². The summed E-state index contributed by atoms with van der Waals surface area (Å²) in [4.78, 5) is 4.41. The third-order valence-electron chi connectivity index (χ3n) is 3.86. The second kappa shape index (κ2) is 8.43. The maximum Gasteiger partial charge on any atom is 0.214 e. The number of hydrogen-bond donors (Lipinski definition) is 2. The van der Waals surface area contributed by atoms with Gasteiger partial charge in [0.05, 0.1) is 12.3 Å². The fraction of sp³-hybridized carbons (Fsp3) is 0.562. The molecule has 0 aromatic heterocycles. The molecule has 0 saturated carbocycles. The van der Waals surface area contributed by atoms with Crippen LogP contribution in [-0.4, -0.2) is 50.6 Å². The molecule has 0 amide bonds. The second-order valence-electron chi connectivity index (χ2n) is 5.77. The maximum atomic E-state index is 13.6. The zero-order valence-corrected chi connectivity index (χ0v) is 15.0. The number of benzene rings is 1. The molecule has 6 nitrogen and oxygen atoms in total. The van der Waals surface area contributed by atoms with Crippen LogP contribution in [0.1, 0.15) is 24.5 Å². The molecule has 0 atom stereocenters. The Bertz CT molecular complexity index is 691. The van der Waals surface area contributed by atoms with Gasteiger partial charge < -0.3 is 10.6 Å². The van der Waals surface area contributed by atoms with Crippen molar-refractivity contribution in [2.75, 3.05) is 31.9 Å². The van der Waals surface area contributed by atoms with Crippen molar-refractivity contribution in [2.24, 2.45) is 4.99 Å². The number of rotatable bonds is 6. The Balaban J connectivity index is 1.89. The standard InChI is InChI=1S/C16H25FN4O2S/c1-3-18-16(19-7-9-21-8-4-10-24(21,22)23)20-12-14-6-5-13(2)15(17)11-14/h5-6,11H,3-4,7-10,12H2,1-2H3,(H2,18,19,20). The van der Waals surface area contributed by atoms with E-state index >= 15 is 0 Å². The molecule has 1 aliphatic rings. The molecule has 1 aromatic rings. The number of sulfonamides is 1. The summed E-state index contributed by atoms with van der Waals surface area (Å²) in [5, 5.41) is 6.22. The molecule has 0 radical (unpaired) electrons. The van der Waals surface area contributed by atoms with Gasteiger partial charge in [-0.05, 0) is 37.5 Å². The van der Waals surface area contributed by atoms with Gasteiger partial charge in [0.2, 0.25) is 10.0 Å². The zero-order chi connectivity index (χ0) is 17.6. The van der Waals surface area contributed by atoms with Crippen LogP contribution >= 0.6 is 0 Å². The number of nitrogens with zero attached hydrogens (tertiary/aromatic N) is 2. The lowest BCUT2D eigenvalue weighted by Crippen LogP contribution is -2.42. The summed E-state index contributed by atoms with van der Waals surface area (Å²) in [5.74, 6) is 0.593. The smallest absolute Gasteiger partial charge is 0.214 e. The van der Waals surface area contributed by atoms with Crippen LogP contribution in [-0.2, 0) is 16.6 Å². The van der Waals surface area contributed by atoms with Crippen molar-refractivity contribution in [3.05, 3.63) is 35.1 Å². The molecule has 1 aliphatic heterocycles. The van der Waals surface area contributed by atoms with Crippen molar-refractivity contribution in [1.29, 1.82) is 0 Å². The van der Waals surface area contributed by atoms with Crippen molar-refractivity contribution in [1.82, 2.24) is 14.9 Å². The van der Waals surface area contributed by atoms with E-state index in [-0.39, 0.29) is 11.6 Å². The van der Waals surface area contributed by atoms with E-state index in [9.17, 15) is 12.8 Å². The highest BCUT2D eigenvalue weighted by Crippen LogP contribution is 2.12. The summed E-state index contributed by atoms with van der Waals surface area (Å²) < 4.78 is 38.6. The normalized spacial score (nSPS) is 17.9. The van der Waals surface area contributed by atoms with Crippen LogP contribution in [0.3, 0.4) is 0 Å². The van der Waals surface area contributed by atoms with Crippen molar-refractivity contribution in [2.45, 2.75) is 26.8 Å². The number of aliphatic imine (C=N–C) groups is 1. The molecular weight excluding hydrogens is 331 g/mol. The quantitative estimate of drug-likeness (QED) is 0.594. The van der Waals surface area contributed by atoms with Crippen LogP contribution in [0.2, 0.25) is 0 Å². The Morgan fingerprint density at radius 2 is 2.17 bits per heavy atom. The fourth-order valence-corrected chi connectivity index (χ4v) is 4.02. The number of hydrogen-bond acceptors (Lipinski definition) is 3. The van der Waals surface area contributed by atoms with Gasteiger partial charge in [-0.25, -0.2) is 22.1 Å². The largest absolute Gasteiger partial charge is 0.357 e. The Hall–Kier alpha value is -1.67. The molecule has 1 heterocycles. The van der Waals surface area contributed by atoms with Crippen molar-refractivity contribution in [3.63, 3.8) is 0 Å². The summed E-state index contributed by atoms with van der Waals surface area (Å²) in [6.07, 6.45) is 0.690. The number of nitrogens with one attached hydrogen (secondary N) is 2. The summed E-state index contributed by atoms with van der Waals surface area (Å²) in [6.45, 7) is 6.21. The SMILES string of the molecule is CCNC(=NCc1ccc(C)c(F)c1)NCCN1CCCS1(=O)=O. The van der Waals surface area contributed by atoms with Crippen molar-refractivity contribution >= 4 is 16.0 Å². The van der Waals surface area contributed by atoms with Gasteiger partial charge in [-0.15, -0.1) is 0 Å². The van der Waals surface area contributed by atoms with Crippen LogP contribution in [0.15, 0.2) is 23.2 Å². The molecule has 0 aliphatic carbocycles. The summed E-state index contributed by atoms with van der Waals surface area (Å²) in [5.41, 5.74) is 1.40. The lowest BCUT2D eigenvalue weighted by Gasteiger charge is -2.16. The average Bonchev–Trinajstić information content (AvgIpc) is 2.87. The Labute approximate surface area is 143 Å². The number of halogens is 1. The third kappa shape index (κ3) is 5.17. The second-order valence-corrected chi connectivity index (χ2v) is 7.86. The summed E-state index contributed by atoms with van der Waals surface area (Å²) in [6, 6.07) is 5.07. The maximum absolute atomic E-state index is 13.6. The topological polar surface area (TPSA) is 73.8 Å². The molecule has 2 rings (SSSR count). The molecule has 134 valence electrons. The van der Waals surface area contributed by atoms with Crippen molar-refractivity contribution in [3.8, 4) is 0 Å². The van der Waals surface area contributed by atoms with E-state index in [1.165, 1.54) is 10.4 Å². The molecule has 0 bridgehead atoms. The highest BCUT2D eigenvalue weighted by atomic mass is 32.2. The molecular formula is C16H25FN4O2S. The van der Waals surface area contributed by atoms with E-state index in [0.29, 0.717) is 50.7 Å². The molecule has 0 unspecified atom stereocenters. The van der Waals surface area contributed by atoms with Gasteiger partial charge in [0.1, 0.15) is 5.82 Å². The highest BCUT2D eigenvalue weighted by molar-refractivity contribution is 7.89. The first-order chi connectivity index (χ1) is 11.4. The lowest BCUT2D eigenvalue weighted by atomic mass is 10.1. The highest BCUT2D eigenvalue weighted by Gasteiger charge is 2.27.